The number of aromatic nitrogens is 5. The van der Waals surface area contributed by atoms with Crippen LogP contribution in [0.15, 0.2) is 61.3 Å². The standard InChI is InChI=1S/C15H11N5/c1-2-12(9-14-11(1)3-5-17-14)20-8-4-13(19-20)15-10-16-6-7-18-15/h1-10,17H. The Balaban J connectivity index is 1.77. The number of nitrogens with zero attached hydrogens (tertiary/aromatic N) is 4. The number of rotatable bonds is 2. The fraction of sp³-hybridized carbons (Fsp3) is 0. The summed E-state index contributed by atoms with van der Waals surface area (Å²) in [5, 5.41) is 5.73. The molecule has 0 aliphatic heterocycles. The van der Waals surface area contributed by atoms with E-state index < -0.39 is 0 Å². The van der Waals surface area contributed by atoms with Crippen molar-refractivity contribution in [3.8, 4) is 17.1 Å². The van der Waals surface area contributed by atoms with Crippen LogP contribution in [0.4, 0.5) is 0 Å². The normalized spacial score (nSPS) is 11.0. The highest BCUT2D eigenvalue weighted by atomic mass is 15.3. The Hall–Kier alpha value is -2.95. The highest BCUT2D eigenvalue weighted by Crippen LogP contribution is 2.19. The summed E-state index contributed by atoms with van der Waals surface area (Å²) >= 11 is 0. The Labute approximate surface area is 114 Å². The van der Waals surface area contributed by atoms with Crippen molar-refractivity contribution in [2.75, 3.05) is 0 Å². The van der Waals surface area contributed by atoms with E-state index in [1.54, 1.807) is 18.6 Å². The number of hydrogen-bond donors (Lipinski definition) is 1. The number of fused-ring (bicyclic) bond motifs is 1. The van der Waals surface area contributed by atoms with Gasteiger partial charge in [0, 0.05) is 30.3 Å². The zero-order chi connectivity index (χ0) is 13.4. The van der Waals surface area contributed by atoms with Gasteiger partial charge in [0.2, 0.25) is 0 Å². The van der Waals surface area contributed by atoms with Gasteiger partial charge in [0.15, 0.2) is 0 Å². The number of nitrogens with one attached hydrogen (secondary N) is 1. The van der Waals surface area contributed by atoms with Crippen LogP contribution in [0.1, 0.15) is 0 Å². The Bertz CT molecular complexity index is 860. The van der Waals surface area contributed by atoms with E-state index in [4.69, 9.17) is 0 Å². The molecule has 0 fully saturated rings. The molecule has 20 heavy (non-hydrogen) atoms. The fourth-order valence-electron chi connectivity index (χ4n) is 2.21. The molecule has 1 N–H and O–H groups in total. The summed E-state index contributed by atoms with van der Waals surface area (Å²) in [5.41, 5.74) is 3.69. The summed E-state index contributed by atoms with van der Waals surface area (Å²) < 4.78 is 1.84. The number of hydrogen-bond acceptors (Lipinski definition) is 3. The topological polar surface area (TPSA) is 59.4 Å². The minimum absolute atomic E-state index is 0.771. The lowest BCUT2D eigenvalue weighted by Crippen LogP contribution is -1.95. The molecule has 4 aromatic rings. The van der Waals surface area contributed by atoms with Gasteiger partial charge in [0.25, 0.3) is 0 Å². The first-order chi connectivity index (χ1) is 9.90. The average Bonchev–Trinajstić information content (AvgIpc) is 3.16. The van der Waals surface area contributed by atoms with Gasteiger partial charge in [0.05, 0.1) is 11.9 Å². The molecule has 3 aromatic heterocycles. The lowest BCUT2D eigenvalue weighted by Gasteiger charge is -2.01. The highest BCUT2D eigenvalue weighted by Gasteiger charge is 2.05. The van der Waals surface area contributed by atoms with Crippen LogP contribution in [0.2, 0.25) is 0 Å². The van der Waals surface area contributed by atoms with Crippen LogP contribution in [0.25, 0.3) is 28.0 Å². The van der Waals surface area contributed by atoms with Gasteiger partial charge in [-0.2, -0.15) is 5.10 Å². The maximum atomic E-state index is 4.54. The molecule has 0 atom stereocenters. The molecule has 0 bridgehead atoms. The molecule has 5 heteroatoms. The van der Waals surface area contributed by atoms with Gasteiger partial charge in [-0.1, -0.05) is 6.07 Å². The van der Waals surface area contributed by atoms with Crippen LogP contribution in [0.5, 0.6) is 0 Å². The van der Waals surface area contributed by atoms with Crippen molar-refractivity contribution < 1.29 is 0 Å². The van der Waals surface area contributed by atoms with Crippen molar-refractivity contribution in [1.29, 1.82) is 0 Å². The lowest BCUT2D eigenvalue weighted by molar-refractivity contribution is 0.883. The Morgan fingerprint density at radius 1 is 1.00 bits per heavy atom. The number of benzene rings is 1. The fourth-order valence-corrected chi connectivity index (χ4v) is 2.21. The van der Waals surface area contributed by atoms with Crippen molar-refractivity contribution in [2.24, 2.45) is 0 Å². The van der Waals surface area contributed by atoms with E-state index in [1.165, 1.54) is 5.39 Å². The second-order valence-electron chi connectivity index (χ2n) is 4.49. The molecule has 0 spiro atoms. The van der Waals surface area contributed by atoms with Crippen LogP contribution < -0.4 is 0 Å². The highest BCUT2D eigenvalue weighted by molar-refractivity contribution is 5.81. The van der Waals surface area contributed by atoms with Gasteiger partial charge in [0.1, 0.15) is 11.4 Å². The zero-order valence-corrected chi connectivity index (χ0v) is 10.6. The molecular formula is C15H11N5. The Morgan fingerprint density at radius 3 is 2.90 bits per heavy atom. The van der Waals surface area contributed by atoms with E-state index in [0.717, 1.165) is 22.6 Å². The Morgan fingerprint density at radius 2 is 2.00 bits per heavy atom. The molecule has 1 aromatic carbocycles. The monoisotopic (exact) mass is 261 g/mol. The number of H-pyrrole nitrogens is 1. The summed E-state index contributed by atoms with van der Waals surface area (Å²) in [4.78, 5) is 11.5. The SMILES string of the molecule is c1cnc(-c2ccn(-c3ccc4cc[nH]c4c3)n2)cn1. The van der Waals surface area contributed by atoms with E-state index >= 15 is 0 Å². The third kappa shape index (κ3) is 1.76. The molecule has 96 valence electrons. The summed E-state index contributed by atoms with van der Waals surface area (Å²) in [6.07, 6.45) is 8.89. The molecule has 5 nitrogen and oxygen atoms in total. The summed E-state index contributed by atoms with van der Waals surface area (Å²) in [7, 11) is 0. The second kappa shape index (κ2) is 4.31. The predicted octanol–water partition coefficient (Wildman–Crippen LogP) is 2.81. The zero-order valence-electron chi connectivity index (χ0n) is 10.6. The summed E-state index contributed by atoms with van der Waals surface area (Å²) in [6, 6.07) is 10.2. The van der Waals surface area contributed by atoms with Crippen LogP contribution in [0.3, 0.4) is 0 Å². The third-order valence-electron chi connectivity index (χ3n) is 3.22. The molecule has 0 amide bonds. The second-order valence-corrected chi connectivity index (χ2v) is 4.49. The molecule has 0 saturated heterocycles. The average molecular weight is 261 g/mol. The first-order valence-electron chi connectivity index (χ1n) is 6.30. The van der Waals surface area contributed by atoms with Crippen molar-refractivity contribution in [3.05, 3.63) is 61.3 Å². The van der Waals surface area contributed by atoms with Gasteiger partial charge in [-0.25, -0.2) is 4.68 Å². The van der Waals surface area contributed by atoms with Crippen LogP contribution in [0, 0.1) is 0 Å². The molecule has 3 heterocycles. The van der Waals surface area contributed by atoms with Gasteiger partial charge < -0.3 is 4.98 Å². The minimum atomic E-state index is 0.771. The van der Waals surface area contributed by atoms with Crippen LogP contribution in [-0.4, -0.2) is 24.7 Å². The summed E-state index contributed by atoms with van der Waals surface area (Å²) in [6.45, 7) is 0. The quantitative estimate of drug-likeness (QED) is 0.603. The molecule has 0 unspecified atom stereocenters. The van der Waals surface area contributed by atoms with Gasteiger partial charge >= 0.3 is 0 Å². The van der Waals surface area contributed by atoms with Gasteiger partial charge in [-0.05, 0) is 29.7 Å². The largest absolute Gasteiger partial charge is 0.361 e. The summed E-state index contributed by atoms with van der Waals surface area (Å²) in [5.74, 6) is 0. The predicted molar refractivity (Wildman–Crippen MR) is 76.4 cm³/mol. The maximum absolute atomic E-state index is 4.54. The molecule has 0 aliphatic carbocycles. The van der Waals surface area contributed by atoms with E-state index in [-0.39, 0.29) is 0 Å². The van der Waals surface area contributed by atoms with Gasteiger partial charge in [-0.3, -0.25) is 9.97 Å². The van der Waals surface area contributed by atoms with Gasteiger partial charge in [-0.15, -0.1) is 0 Å². The minimum Gasteiger partial charge on any atom is -0.361 e. The van der Waals surface area contributed by atoms with Crippen molar-refractivity contribution in [2.45, 2.75) is 0 Å². The maximum Gasteiger partial charge on any atom is 0.113 e. The van der Waals surface area contributed by atoms with E-state index in [2.05, 4.69) is 32.2 Å². The first kappa shape index (κ1) is 10.9. The smallest absolute Gasteiger partial charge is 0.113 e. The van der Waals surface area contributed by atoms with Crippen molar-refractivity contribution >= 4 is 10.9 Å². The molecular weight excluding hydrogens is 250 g/mol. The van der Waals surface area contributed by atoms with E-state index in [0.29, 0.717) is 0 Å². The van der Waals surface area contributed by atoms with Crippen molar-refractivity contribution in [1.82, 2.24) is 24.7 Å². The lowest BCUT2D eigenvalue weighted by atomic mass is 10.2. The van der Waals surface area contributed by atoms with E-state index in [9.17, 15) is 0 Å². The Kier molecular flexibility index (Phi) is 2.35. The molecule has 0 radical (unpaired) electrons. The van der Waals surface area contributed by atoms with Crippen molar-refractivity contribution in [3.63, 3.8) is 0 Å². The number of aromatic amines is 1. The molecule has 4 rings (SSSR count). The molecule has 0 saturated carbocycles. The molecule has 0 aliphatic rings. The van der Waals surface area contributed by atoms with Crippen LogP contribution in [-0.2, 0) is 0 Å². The van der Waals surface area contributed by atoms with E-state index in [1.807, 2.05) is 35.3 Å². The first-order valence-corrected chi connectivity index (χ1v) is 6.30. The third-order valence-corrected chi connectivity index (χ3v) is 3.22. The van der Waals surface area contributed by atoms with Crippen LogP contribution >= 0.6 is 0 Å².